The lowest BCUT2D eigenvalue weighted by molar-refractivity contribution is 0.469. The minimum absolute atomic E-state index is 0.500. The molecule has 1 rings (SSSR count). The minimum atomic E-state index is 0.500. The van der Waals surface area contributed by atoms with Crippen LogP contribution in [0.5, 0.6) is 0 Å². The highest BCUT2D eigenvalue weighted by Crippen LogP contribution is 2.08. The predicted molar refractivity (Wildman–Crippen MR) is 51.1 cm³/mol. The van der Waals surface area contributed by atoms with E-state index in [0.717, 1.165) is 11.5 Å². The van der Waals surface area contributed by atoms with E-state index in [4.69, 9.17) is 4.42 Å². The van der Waals surface area contributed by atoms with Crippen LogP contribution < -0.4 is 0 Å². The van der Waals surface area contributed by atoms with E-state index in [2.05, 4.69) is 32.7 Å². The van der Waals surface area contributed by atoms with Gasteiger partial charge in [0.15, 0.2) is 6.39 Å². The second-order valence-corrected chi connectivity index (χ2v) is 4.49. The third-order valence-electron chi connectivity index (χ3n) is 0.985. The fourth-order valence-electron chi connectivity index (χ4n) is 0.361. The smallest absolute Gasteiger partial charge is 0.181 e. The molecule has 0 unspecified atom stereocenters. The second kappa shape index (κ2) is 4.29. The Hall–Kier alpha value is -0.790. The van der Waals surface area contributed by atoms with Crippen molar-refractivity contribution in [3.8, 4) is 0 Å². The summed E-state index contributed by atoms with van der Waals surface area (Å²) >= 11 is 0. The van der Waals surface area contributed by atoms with Gasteiger partial charge in [0.1, 0.15) is 5.76 Å². The summed E-state index contributed by atoms with van der Waals surface area (Å²) in [7, 11) is 0. The quantitative estimate of drug-likeness (QED) is 0.595. The molecule has 0 saturated carbocycles. The molecule has 0 aliphatic heterocycles. The minimum Gasteiger partial charge on any atom is -0.449 e. The molecule has 2 heteroatoms. The van der Waals surface area contributed by atoms with Crippen LogP contribution in [0.3, 0.4) is 0 Å². The highest BCUT2D eigenvalue weighted by Gasteiger charge is 1.95. The fraction of sp³-hybridized carbons (Fsp3) is 0.700. The lowest BCUT2D eigenvalue weighted by Crippen LogP contribution is -1.93. The van der Waals surface area contributed by atoms with Gasteiger partial charge in [-0.05, 0) is 19.3 Å². The Morgan fingerprint density at radius 1 is 1.17 bits per heavy atom. The van der Waals surface area contributed by atoms with Crippen molar-refractivity contribution in [2.45, 2.75) is 41.5 Å². The van der Waals surface area contributed by atoms with E-state index in [1.807, 2.05) is 13.8 Å². The molecule has 1 heterocycles. The van der Waals surface area contributed by atoms with E-state index in [9.17, 15) is 0 Å². The van der Waals surface area contributed by atoms with Gasteiger partial charge in [0.25, 0.3) is 0 Å². The maximum Gasteiger partial charge on any atom is 0.181 e. The third kappa shape index (κ3) is 7.32. The summed E-state index contributed by atoms with van der Waals surface area (Å²) in [6.07, 6.45) is 1.45. The van der Waals surface area contributed by atoms with E-state index >= 15 is 0 Å². The summed E-state index contributed by atoms with van der Waals surface area (Å²) in [5.74, 6) is 0.903. The van der Waals surface area contributed by atoms with E-state index in [1.54, 1.807) is 0 Å². The molecular weight excluding hydrogens is 150 g/mol. The average Bonchev–Trinajstić information content (AvgIpc) is 2.12. The normalized spacial score (nSPS) is 10.5. The number of aromatic nitrogens is 1. The zero-order valence-electron chi connectivity index (χ0n) is 8.93. The molecule has 1 aromatic rings. The molecule has 0 bridgehead atoms. The first-order chi connectivity index (χ1) is 5.30. The topological polar surface area (TPSA) is 26.0 Å². The molecule has 0 saturated heterocycles. The van der Waals surface area contributed by atoms with Gasteiger partial charge in [0, 0.05) is 0 Å². The van der Waals surface area contributed by atoms with Gasteiger partial charge in [-0.15, -0.1) is 0 Å². The summed E-state index contributed by atoms with van der Waals surface area (Å²) in [5.41, 5.74) is 1.47. The van der Waals surface area contributed by atoms with Crippen molar-refractivity contribution in [3.63, 3.8) is 0 Å². The second-order valence-electron chi connectivity index (χ2n) is 4.49. The van der Waals surface area contributed by atoms with E-state index in [-0.39, 0.29) is 0 Å². The average molecular weight is 169 g/mol. The zero-order chi connectivity index (χ0) is 9.78. The number of oxazole rings is 1. The summed E-state index contributed by atoms with van der Waals surface area (Å²) in [5, 5.41) is 0. The van der Waals surface area contributed by atoms with Crippen LogP contribution in [0.1, 0.15) is 39.1 Å². The first-order valence-electron chi connectivity index (χ1n) is 4.17. The summed E-state index contributed by atoms with van der Waals surface area (Å²) in [6, 6.07) is 0. The van der Waals surface area contributed by atoms with Crippen LogP contribution in [0.25, 0.3) is 0 Å². The van der Waals surface area contributed by atoms with Gasteiger partial charge in [-0.2, -0.15) is 0 Å². The molecule has 0 amide bonds. The Morgan fingerprint density at radius 3 is 1.67 bits per heavy atom. The van der Waals surface area contributed by atoms with E-state index in [1.165, 1.54) is 6.39 Å². The van der Waals surface area contributed by atoms with E-state index in [0.29, 0.717) is 5.41 Å². The molecule has 0 aliphatic rings. The first kappa shape index (κ1) is 11.2. The summed E-state index contributed by atoms with van der Waals surface area (Å²) < 4.78 is 4.85. The monoisotopic (exact) mass is 169 g/mol. The number of hydrogen-bond donors (Lipinski definition) is 0. The molecule has 0 aromatic carbocycles. The largest absolute Gasteiger partial charge is 0.449 e. The van der Waals surface area contributed by atoms with Gasteiger partial charge >= 0.3 is 0 Å². The van der Waals surface area contributed by atoms with Gasteiger partial charge in [0.2, 0.25) is 0 Å². The summed E-state index contributed by atoms with van der Waals surface area (Å²) in [4.78, 5) is 3.85. The van der Waals surface area contributed by atoms with Crippen LogP contribution >= 0.6 is 0 Å². The van der Waals surface area contributed by atoms with Crippen molar-refractivity contribution in [3.05, 3.63) is 17.8 Å². The van der Waals surface area contributed by atoms with Crippen LogP contribution in [0.4, 0.5) is 0 Å². The molecule has 2 nitrogen and oxygen atoms in total. The standard InChI is InChI=1S/C5H7NO.C5H12/c1-4-5(2)7-3-6-4;1-5(2,3)4/h3H,1-2H3;1-4H3. The lowest BCUT2D eigenvalue weighted by atomic mass is 10.0. The first-order valence-corrected chi connectivity index (χ1v) is 4.17. The predicted octanol–water partition coefficient (Wildman–Crippen LogP) is 3.34. The van der Waals surface area contributed by atoms with Gasteiger partial charge in [0.05, 0.1) is 5.69 Å². The Labute approximate surface area is 75.0 Å². The van der Waals surface area contributed by atoms with Crippen LogP contribution in [0, 0.1) is 19.3 Å². The van der Waals surface area contributed by atoms with Crippen molar-refractivity contribution in [2.75, 3.05) is 0 Å². The lowest BCUT2D eigenvalue weighted by Gasteiger charge is -2.05. The molecule has 0 spiro atoms. The van der Waals surface area contributed by atoms with Crippen molar-refractivity contribution in [2.24, 2.45) is 5.41 Å². The third-order valence-corrected chi connectivity index (χ3v) is 0.985. The molecule has 0 fully saturated rings. The Balaban J connectivity index is 0.000000217. The zero-order valence-corrected chi connectivity index (χ0v) is 8.93. The maximum absolute atomic E-state index is 4.85. The SMILES string of the molecule is CC(C)(C)C.Cc1ncoc1C. The molecule has 0 atom stereocenters. The van der Waals surface area contributed by atoms with E-state index < -0.39 is 0 Å². The van der Waals surface area contributed by atoms with Crippen LogP contribution in [0.2, 0.25) is 0 Å². The Bertz CT molecular complexity index is 197. The van der Waals surface area contributed by atoms with Crippen LogP contribution in [-0.4, -0.2) is 4.98 Å². The number of nitrogens with zero attached hydrogens (tertiary/aromatic N) is 1. The highest BCUT2D eigenvalue weighted by atomic mass is 16.3. The molecule has 0 radical (unpaired) electrons. The molecule has 12 heavy (non-hydrogen) atoms. The molecule has 0 aliphatic carbocycles. The molecule has 0 N–H and O–H groups in total. The number of aryl methyl sites for hydroxylation is 2. The maximum atomic E-state index is 4.85. The van der Waals surface area contributed by atoms with Crippen LogP contribution in [-0.2, 0) is 0 Å². The number of rotatable bonds is 0. The van der Waals surface area contributed by atoms with Crippen molar-refractivity contribution in [1.29, 1.82) is 0 Å². The van der Waals surface area contributed by atoms with Crippen molar-refractivity contribution >= 4 is 0 Å². The van der Waals surface area contributed by atoms with Gasteiger partial charge in [-0.1, -0.05) is 27.7 Å². The van der Waals surface area contributed by atoms with Crippen molar-refractivity contribution < 1.29 is 4.42 Å². The van der Waals surface area contributed by atoms with Crippen molar-refractivity contribution in [1.82, 2.24) is 4.98 Å². The van der Waals surface area contributed by atoms with Crippen LogP contribution in [0.15, 0.2) is 10.8 Å². The molecule has 70 valence electrons. The fourth-order valence-corrected chi connectivity index (χ4v) is 0.361. The molecular formula is C10H19NO. The van der Waals surface area contributed by atoms with Gasteiger partial charge in [-0.3, -0.25) is 0 Å². The Morgan fingerprint density at radius 2 is 1.58 bits per heavy atom. The number of hydrogen-bond acceptors (Lipinski definition) is 2. The Kier molecular flexibility index (Phi) is 4.01. The highest BCUT2D eigenvalue weighted by molar-refractivity contribution is 5.00. The van der Waals surface area contributed by atoms with Gasteiger partial charge in [-0.25, -0.2) is 4.98 Å². The summed E-state index contributed by atoms with van der Waals surface area (Å²) in [6.45, 7) is 12.6. The molecule has 1 aromatic heterocycles. The van der Waals surface area contributed by atoms with Gasteiger partial charge < -0.3 is 4.42 Å².